The molecule has 1 saturated heterocycles. The molecular weight excluding hydrogens is 294 g/mol. The predicted molar refractivity (Wildman–Crippen MR) is 76.8 cm³/mol. The molecule has 7 heteroatoms. The number of nitrogens with zero attached hydrogens (tertiary/aromatic N) is 1. The van der Waals surface area contributed by atoms with E-state index in [0.717, 1.165) is 0 Å². The average molecular weight is 313 g/mol. The van der Waals surface area contributed by atoms with Crippen molar-refractivity contribution in [1.82, 2.24) is 4.31 Å². The fourth-order valence-electron chi connectivity index (χ4n) is 2.39. The molecule has 1 aliphatic heterocycles. The van der Waals surface area contributed by atoms with Gasteiger partial charge in [0.25, 0.3) is 0 Å². The number of hydrogen-bond acceptors (Lipinski definition) is 4. The van der Waals surface area contributed by atoms with Crippen molar-refractivity contribution in [3.8, 4) is 0 Å². The summed E-state index contributed by atoms with van der Waals surface area (Å²) in [5, 5.41) is 8.83. The minimum atomic E-state index is -3.56. The van der Waals surface area contributed by atoms with Crippen molar-refractivity contribution in [3.05, 3.63) is 29.8 Å². The van der Waals surface area contributed by atoms with E-state index in [-0.39, 0.29) is 16.6 Å². The summed E-state index contributed by atoms with van der Waals surface area (Å²) in [5.41, 5.74) is 0.0732. The molecule has 0 bridgehead atoms. The lowest BCUT2D eigenvalue weighted by Gasteiger charge is -2.30. The first kappa shape index (κ1) is 15.9. The van der Waals surface area contributed by atoms with Crippen molar-refractivity contribution >= 4 is 16.0 Å². The molecule has 1 aromatic rings. The molecular formula is C14H19NO5S. The molecule has 2 rings (SSSR count). The van der Waals surface area contributed by atoms with Crippen LogP contribution in [0, 0.1) is 0 Å². The molecule has 1 heterocycles. The number of sulfonamides is 1. The van der Waals surface area contributed by atoms with Crippen molar-refractivity contribution in [3.63, 3.8) is 0 Å². The Hall–Kier alpha value is -1.44. The minimum Gasteiger partial charge on any atom is -0.478 e. The Bertz CT molecular complexity index is 588. The summed E-state index contributed by atoms with van der Waals surface area (Å²) in [6, 6.07) is 5.30. The molecule has 0 aromatic heterocycles. The molecule has 0 amide bonds. The lowest BCUT2D eigenvalue weighted by molar-refractivity contribution is 0.0290. The number of piperidine rings is 1. The van der Waals surface area contributed by atoms with Crippen LogP contribution in [-0.4, -0.2) is 49.6 Å². The fraction of sp³-hybridized carbons (Fsp3) is 0.500. The molecule has 1 aliphatic rings. The van der Waals surface area contributed by atoms with E-state index >= 15 is 0 Å². The second-order valence-corrected chi connectivity index (χ2v) is 6.83. The van der Waals surface area contributed by atoms with Crippen LogP contribution < -0.4 is 0 Å². The van der Waals surface area contributed by atoms with Gasteiger partial charge in [-0.25, -0.2) is 13.2 Å². The summed E-state index contributed by atoms with van der Waals surface area (Å²) in [6.45, 7) is 3.41. The molecule has 21 heavy (non-hydrogen) atoms. The Labute approximate surface area is 124 Å². The van der Waals surface area contributed by atoms with Crippen molar-refractivity contribution in [2.75, 3.05) is 19.7 Å². The molecule has 1 aromatic carbocycles. The quantitative estimate of drug-likeness (QED) is 0.892. The van der Waals surface area contributed by atoms with Crippen molar-refractivity contribution in [2.45, 2.75) is 30.8 Å². The average Bonchev–Trinajstić information content (AvgIpc) is 2.48. The van der Waals surface area contributed by atoms with Crippen LogP contribution in [-0.2, 0) is 14.8 Å². The predicted octanol–water partition coefficient (Wildman–Crippen LogP) is 1.57. The highest BCUT2D eigenvalue weighted by Crippen LogP contribution is 2.22. The van der Waals surface area contributed by atoms with E-state index in [1.165, 1.54) is 28.6 Å². The molecule has 1 fully saturated rings. The summed E-state index contributed by atoms with van der Waals surface area (Å²) in [6.07, 6.45) is 1.48. The van der Waals surface area contributed by atoms with Gasteiger partial charge in [0.15, 0.2) is 0 Å². The van der Waals surface area contributed by atoms with Crippen molar-refractivity contribution < 1.29 is 23.1 Å². The third-order valence-electron chi connectivity index (χ3n) is 3.54. The van der Waals surface area contributed by atoms with Gasteiger partial charge in [-0.1, -0.05) is 0 Å². The van der Waals surface area contributed by atoms with Crippen LogP contribution in [0.2, 0.25) is 0 Å². The van der Waals surface area contributed by atoms with Crippen LogP contribution in [0.1, 0.15) is 30.1 Å². The van der Waals surface area contributed by atoms with Crippen LogP contribution in [0.5, 0.6) is 0 Å². The molecule has 6 nitrogen and oxygen atoms in total. The third-order valence-corrected chi connectivity index (χ3v) is 5.46. The zero-order valence-corrected chi connectivity index (χ0v) is 12.7. The normalized spacial score (nSPS) is 17.8. The molecule has 0 unspecified atom stereocenters. The molecule has 0 atom stereocenters. The summed E-state index contributed by atoms with van der Waals surface area (Å²) >= 11 is 0. The van der Waals surface area contributed by atoms with E-state index in [1.807, 2.05) is 6.92 Å². The smallest absolute Gasteiger partial charge is 0.335 e. The first-order valence-corrected chi connectivity index (χ1v) is 8.34. The minimum absolute atomic E-state index is 0.0732. The summed E-state index contributed by atoms with van der Waals surface area (Å²) in [4.78, 5) is 10.9. The number of ether oxygens (including phenoxy) is 1. The monoisotopic (exact) mass is 313 g/mol. The standard InChI is InChI=1S/C14H19NO5S/c1-2-20-12-7-9-15(10-8-12)21(18,19)13-5-3-11(4-6-13)14(16)17/h3-6,12H,2,7-10H2,1H3,(H,16,17). The number of benzene rings is 1. The number of rotatable bonds is 5. The summed E-state index contributed by atoms with van der Waals surface area (Å²) < 4.78 is 31.9. The highest BCUT2D eigenvalue weighted by atomic mass is 32.2. The second kappa shape index (κ2) is 6.55. The number of carbonyl (C=O) groups is 1. The maximum absolute atomic E-state index is 12.5. The molecule has 0 saturated carbocycles. The topological polar surface area (TPSA) is 83.9 Å². The number of hydrogen-bond donors (Lipinski definition) is 1. The maximum Gasteiger partial charge on any atom is 0.335 e. The van der Waals surface area contributed by atoms with E-state index in [2.05, 4.69) is 0 Å². The number of carboxylic acids is 1. The largest absolute Gasteiger partial charge is 0.478 e. The SMILES string of the molecule is CCOC1CCN(S(=O)(=O)c2ccc(C(=O)O)cc2)CC1. The lowest BCUT2D eigenvalue weighted by atomic mass is 10.1. The van der Waals surface area contributed by atoms with Crippen LogP contribution >= 0.6 is 0 Å². The van der Waals surface area contributed by atoms with Gasteiger partial charge in [-0.2, -0.15) is 4.31 Å². The maximum atomic E-state index is 12.5. The Kier molecular flexibility index (Phi) is 4.97. The summed E-state index contributed by atoms with van der Waals surface area (Å²) in [7, 11) is -3.56. The van der Waals surface area contributed by atoms with E-state index in [0.29, 0.717) is 32.5 Å². The van der Waals surface area contributed by atoms with Crippen LogP contribution in [0.3, 0.4) is 0 Å². The van der Waals surface area contributed by atoms with E-state index in [4.69, 9.17) is 9.84 Å². The molecule has 1 N–H and O–H groups in total. The highest BCUT2D eigenvalue weighted by molar-refractivity contribution is 7.89. The Morgan fingerprint density at radius 1 is 1.29 bits per heavy atom. The van der Waals surface area contributed by atoms with Gasteiger partial charge in [0.05, 0.1) is 16.6 Å². The van der Waals surface area contributed by atoms with Gasteiger partial charge in [0.1, 0.15) is 0 Å². The Morgan fingerprint density at radius 2 is 1.86 bits per heavy atom. The zero-order chi connectivity index (χ0) is 15.5. The van der Waals surface area contributed by atoms with Gasteiger partial charge in [0, 0.05) is 19.7 Å². The molecule has 0 radical (unpaired) electrons. The van der Waals surface area contributed by atoms with Gasteiger partial charge in [0.2, 0.25) is 10.0 Å². The van der Waals surface area contributed by atoms with Crippen LogP contribution in [0.15, 0.2) is 29.2 Å². The van der Waals surface area contributed by atoms with E-state index in [1.54, 1.807) is 0 Å². The van der Waals surface area contributed by atoms with Gasteiger partial charge >= 0.3 is 5.97 Å². The third kappa shape index (κ3) is 3.61. The lowest BCUT2D eigenvalue weighted by Crippen LogP contribution is -2.40. The van der Waals surface area contributed by atoms with Crippen LogP contribution in [0.25, 0.3) is 0 Å². The van der Waals surface area contributed by atoms with Gasteiger partial charge in [-0.05, 0) is 44.0 Å². The van der Waals surface area contributed by atoms with Crippen molar-refractivity contribution in [2.24, 2.45) is 0 Å². The Balaban J connectivity index is 2.10. The second-order valence-electron chi connectivity index (χ2n) is 4.89. The highest BCUT2D eigenvalue weighted by Gasteiger charge is 2.29. The number of carboxylic acid groups (broad SMARTS) is 1. The van der Waals surface area contributed by atoms with Crippen molar-refractivity contribution in [1.29, 1.82) is 0 Å². The first-order chi connectivity index (χ1) is 9.95. The van der Waals surface area contributed by atoms with Gasteiger partial charge in [-0.3, -0.25) is 0 Å². The Morgan fingerprint density at radius 3 is 2.33 bits per heavy atom. The van der Waals surface area contributed by atoms with E-state index < -0.39 is 16.0 Å². The van der Waals surface area contributed by atoms with Gasteiger partial charge in [-0.15, -0.1) is 0 Å². The number of aromatic carboxylic acids is 1. The zero-order valence-electron chi connectivity index (χ0n) is 11.9. The molecule has 116 valence electrons. The molecule has 0 aliphatic carbocycles. The fourth-order valence-corrected chi connectivity index (χ4v) is 3.86. The van der Waals surface area contributed by atoms with E-state index in [9.17, 15) is 13.2 Å². The van der Waals surface area contributed by atoms with Crippen LogP contribution in [0.4, 0.5) is 0 Å². The first-order valence-electron chi connectivity index (χ1n) is 6.90. The van der Waals surface area contributed by atoms with Gasteiger partial charge < -0.3 is 9.84 Å². The molecule has 0 spiro atoms. The summed E-state index contributed by atoms with van der Waals surface area (Å²) in [5.74, 6) is -1.07.